The predicted molar refractivity (Wildman–Crippen MR) is 167 cm³/mol. The molecule has 0 aromatic carbocycles. The highest BCUT2D eigenvalue weighted by atomic mass is 32.3. The second kappa shape index (κ2) is 19.2. The van der Waals surface area contributed by atoms with E-state index in [1.807, 2.05) is 0 Å². The third-order valence-electron chi connectivity index (χ3n) is 9.20. The second-order valence-corrected chi connectivity index (χ2v) is 14.2. The van der Waals surface area contributed by atoms with Crippen molar-refractivity contribution in [3.05, 3.63) is 0 Å². The molecule has 4 fully saturated rings. The first-order valence-electron chi connectivity index (χ1n) is 16.7. The molecule has 0 aromatic heterocycles. The summed E-state index contributed by atoms with van der Waals surface area (Å²) in [6.45, 7) is -1.45. The zero-order valence-corrected chi connectivity index (χ0v) is 29.9. The molecule has 4 aliphatic rings. The van der Waals surface area contributed by atoms with E-state index in [9.17, 15) is 74.2 Å². The van der Waals surface area contributed by atoms with Gasteiger partial charge >= 0.3 is 10.4 Å². The van der Waals surface area contributed by atoms with Crippen LogP contribution in [0.25, 0.3) is 0 Å². The molecule has 320 valence electrons. The molecule has 26 nitrogen and oxygen atoms in total. The van der Waals surface area contributed by atoms with Gasteiger partial charge in [-0.05, 0) is 0 Å². The van der Waals surface area contributed by atoms with Gasteiger partial charge in [0.1, 0.15) is 97.5 Å². The summed E-state index contributed by atoms with van der Waals surface area (Å²) in [7, 11) is -5.31. The van der Waals surface area contributed by atoms with Crippen LogP contribution in [0, 0.1) is 0 Å². The second-order valence-electron chi connectivity index (χ2n) is 13.2. The van der Waals surface area contributed by atoms with Crippen LogP contribution in [-0.2, 0) is 57.3 Å². The zero-order valence-electron chi connectivity index (χ0n) is 29.0. The average molecular weight is 829 g/mol. The molecule has 0 bridgehead atoms. The predicted octanol–water partition coefficient (Wildman–Crippen LogP) is -9.63. The Morgan fingerprint density at radius 3 is 1.60 bits per heavy atom. The summed E-state index contributed by atoms with van der Waals surface area (Å²) < 4.78 is 75.2. The SMILES string of the molecule is CC(=O)N[C@@H]1[C@@H](O[C@@H]2O[C@H](CO)[C@H](O)[C@H](OS(=O)(=O)O)[C@H]2O)[C@@H](O)[C@@H](CO[C@@H]2O[C@H](CO)[C@@H](O[C@@H]3O[C@H](CO)[C@H](O)[C@H](O)[C@H]3O)[C@H](O)[C@H]2NC(C)=O)O[C@@H]1O. The normalized spacial score (nSPS) is 45.5. The van der Waals surface area contributed by atoms with Crippen LogP contribution >= 0.6 is 0 Å². The Labute approximate surface area is 311 Å². The maximum atomic E-state index is 12.2. The monoisotopic (exact) mass is 828 g/mol. The van der Waals surface area contributed by atoms with Crippen molar-refractivity contribution in [2.45, 2.75) is 137 Å². The van der Waals surface area contributed by atoms with Gasteiger partial charge in [0.05, 0.1) is 26.4 Å². The van der Waals surface area contributed by atoms with Crippen LogP contribution in [-0.4, -0.2) is 230 Å². The van der Waals surface area contributed by atoms with Crippen molar-refractivity contribution in [1.29, 1.82) is 0 Å². The number of carbonyl (C=O) groups excluding carboxylic acids is 2. The maximum Gasteiger partial charge on any atom is 0.397 e. The van der Waals surface area contributed by atoms with Crippen molar-refractivity contribution >= 4 is 22.2 Å². The Morgan fingerprint density at radius 2 is 1.05 bits per heavy atom. The smallest absolute Gasteiger partial charge is 0.394 e. The summed E-state index contributed by atoms with van der Waals surface area (Å²) in [5.41, 5.74) is 0. The molecule has 0 aromatic rings. The molecule has 55 heavy (non-hydrogen) atoms. The van der Waals surface area contributed by atoms with E-state index in [0.717, 1.165) is 13.8 Å². The topological polar surface area (TPSA) is 409 Å². The number of hydrogen-bond acceptors (Lipinski definition) is 23. The summed E-state index contributed by atoms with van der Waals surface area (Å²) in [6, 6.07) is -3.22. The molecule has 20 atom stereocenters. The van der Waals surface area contributed by atoms with Crippen molar-refractivity contribution in [3.63, 3.8) is 0 Å². The van der Waals surface area contributed by atoms with Gasteiger partial charge in [-0.25, -0.2) is 4.18 Å². The number of nitrogens with one attached hydrogen (secondary N) is 2. The minimum atomic E-state index is -5.31. The molecule has 0 spiro atoms. The number of ether oxygens (including phenoxy) is 7. The Hall–Kier alpha value is -1.91. The van der Waals surface area contributed by atoms with Gasteiger partial charge in [0.2, 0.25) is 11.8 Å². The number of rotatable bonds is 14. The van der Waals surface area contributed by atoms with Crippen LogP contribution < -0.4 is 10.6 Å². The minimum Gasteiger partial charge on any atom is -0.394 e. The van der Waals surface area contributed by atoms with Crippen LogP contribution in [0.5, 0.6) is 0 Å². The largest absolute Gasteiger partial charge is 0.397 e. The van der Waals surface area contributed by atoms with E-state index in [1.54, 1.807) is 0 Å². The summed E-state index contributed by atoms with van der Waals surface area (Å²) >= 11 is 0. The molecule has 4 saturated heterocycles. The van der Waals surface area contributed by atoms with Gasteiger partial charge in [-0.3, -0.25) is 14.1 Å². The quantitative estimate of drug-likeness (QED) is 0.0723. The van der Waals surface area contributed by atoms with Crippen LogP contribution in [0.4, 0.5) is 0 Å². The van der Waals surface area contributed by atoms with Crippen LogP contribution in [0.15, 0.2) is 0 Å². The minimum absolute atomic E-state index is 0.750. The lowest BCUT2D eigenvalue weighted by atomic mass is 9.94. The molecule has 0 aliphatic carbocycles. The van der Waals surface area contributed by atoms with Crippen molar-refractivity contribution in [2.75, 3.05) is 26.4 Å². The molecule has 4 aliphatic heterocycles. The van der Waals surface area contributed by atoms with Crippen molar-refractivity contribution < 1.29 is 116 Å². The highest BCUT2D eigenvalue weighted by Gasteiger charge is 2.55. The molecule has 27 heteroatoms. The molecule has 2 amide bonds. The van der Waals surface area contributed by atoms with Gasteiger partial charge in [-0.15, -0.1) is 0 Å². The average Bonchev–Trinajstić information content (AvgIpc) is 3.11. The fourth-order valence-corrected chi connectivity index (χ4v) is 6.99. The van der Waals surface area contributed by atoms with E-state index in [-0.39, 0.29) is 0 Å². The first-order chi connectivity index (χ1) is 25.7. The molecule has 0 saturated carbocycles. The lowest BCUT2D eigenvalue weighted by Crippen LogP contribution is -2.69. The third kappa shape index (κ3) is 10.8. The fourth-order valence-electron chi connectivity index (χ4n) is 6.49. The Kier molecular flexibility index (Phi) is 16.0. The zero-order chi connectivity index (χ0) is 41.1. The Bertz CT molecular complexity index is 1380. The van der Waals surface area contributed by atoms with Gasteiger partial charge in [0, 0.05) is 13.8 Å². The van der Waals surface area contributed by atoms with E-state index in [1.165, 1.54) is 0 Å². The van der Waals surface area contributed by atoms with Crippen molar-refractivity contribution in [3.8, 4) is 0 Å². The molecule has 4 rings (SSSR count). The van der Waals surface area contributed by atoms with Gasteiger partial charge in [-0.2, -0.15) is 8.42 Å². The van der Waals surface area contributed by atoms with Crippen LogP contribution in [0.3, 0.4) is 0 Å². The van der Waals surface area contributed by atoms with Crippen molar-refractivity contribution in [1.82, 2.24) is 10.6 Å². The summed E-state index contributed by atoms with van der Waals surface area (Å²) in [5, 5.41) is 119. The highest BCUT2D eigenvalue weighted by molar-refractivity contribution is 7.80. The molecule has 0 radical (unpaired) electrons. The lowest BCUT2D eigenvalue weighted by molar-refractivity contribution is -0.355. The number of amides is 2. The van der Waals surface area contributed by atoms with Crippen LogP contribution in [0.1, 0.15) is 13.8 Å². The fraction of sp³-hybridized carbons (Fsp3) is 0.929. The van der Waals surface area contributed by atoms with E-state index in [4.69, 9.17) is 37.7 Å². The van der Waals surface area contributed by atoms with E-state index in [0.29, 0.717) is 0 Å². The maximum absolute atomic E-state index is 12.2. The van der Waals surface area contributed by atoms with Gasteiger partial charge in [0.15, 0.2) is 25.2 Å². The van der Waals surface area contributed by atoms with Gasteiger partial charge in [-0.1, -0.05) is 0 Å². The molecule has 4 heterocycles. The highest BCUT2D eigenvalue weighted by Crippen LogP contribution is 2.33. The third-order valence-corrected chi connectivity index (χ3v) is 9.66. The number of carbonyl (C=O) groups is 2. The number of aliphatic hydroxyl groups excluding tert-OH is 11. The summed E-state index contributed by atoms with van der Waals surface area (Å²) in [6.07, 6.45) is -33.3. The number of aliphatic hydroxyl groups is 11. The summed E-state index contributed by atoms with van der Waals surface area (Å²) in [5.74, 6) is -1.54. The first kappa shape index (κ1) is 45.8. The van der Waals surface area contributed by atoms with E-state index >= 15 is 0 Å². The van der Waals surface area contributed by atoms with E-state index in [2.05, 4.69) is 14.8 Å². The molecule has 0 unspecified atom stereocenters. The Balaban J connectivity index is 1.54. The Morgan fingerprint density at radius 1 is 0.564 bits per heavy atom. The van der Waals surface area contributed by atoms with E-state index < -0.39 is 171 Å². The molecular formula is C28H48N2O24S. The number of hydrogen-bond donors (Lipinski definition) is 14. The van der Waals surface area contributed by atoms with Gasteiger partial charge < -0.3 is 100.0 Å². The molecular weight excluding hydrogens is 780 g/mol. The molecule has 14 N–H and O–H groups in total. The first-order valence-corrected chi connectivity index (χ1v) is 18.1. The lowest BCUT2D eigenvalue weighted by Gasteiger charge is -2.48. The van der Waals surface area contributed by atoms with Crippen LogP contribution in [0.2, 0.25) is 0 Å². The van der Waals surface area contributed by atoms with Gasteiger partial charge in [0.25, 0.3) is 0 Å². The standard InChI is InChI=1S/C28H48N2O24S/c1-7(34)29-13-18(39)22(52-27-20(41)19(40)15(36)9(3-31)49-27)11(5-33)51-26(13)47-6-12-17(38)23(14(25(43)48-12)30-8(2)35)53-28-21(42)24(54-55(44,45)46)16(37)10(4-32)50-28/h9-28,31-33,36-43H,3-6H2,1-2H3,(H,29,34)(H,30,35)(H,44,45,46)/t9-,10-,11-,12-,13-,14-,15+,16+,17+,18-,19+,20-,21-,22-,23-,24+,25+,26-,27+,28+/m1/s1. The summed E-state index contributed by atoms with van der Waals surface area (Å²) in [4.78, 5) is 24.2. The van der Waals surface area contributed by atoms with Crippen molar-refractivity contribution in [2.24, 2.45) is 0 Å².